The van der Waals surface area contributed by atoms with Gasteiger partial charge in [0, 0.05) is 17.6 Å². The SMILES string of the molecule is CCCNC(=O)C(C)N(Cc1ccc(Br)cc1)C(=O)Cc1ccc(C)c(C)c1. The molecule has 0 spiro atoms. The van der Waals surface area contributed by atoms with E-state index in [0.29, 0.717) is 13.1 Å². The Balaban J connectivity index is 2.21. The first kappa shape index (κ1) is 22.2. The van der Waals surface area contributed by atoms with Crippen LogP contribution in [-0.2, 0) is 22.6 Å². The molecular weight excluding hydrogens is 416 g/mol. The van der Waals surface area contributed by atoms with Gasteiger partial charge in [0.15, 0.2) is 0 Å². The van der Waals surface area contributed by atoms with Crippen LogP contribution in [-0.4, -0.2) is 29.3 Å². The standard InChI is InChI=1S/C23H29BrN2O2/c1-5-12-25-23(28)18(4)26(15-19-8-10-21(24)11-9-19)22(27)14-20-7-6-16(2)17(3)13-20/h6-11,13,18H,5,12,14-15H2,1-4H3,(H,25,28). The van der Waals surface area contributed by atoms with Crippen LogP contribution >= 0.6 is 15.9 Å². The lowest BCUT2D eigenvalue weighted by molar-refractivity contribution is -0.140. The topological polar surface area (TPSA) is 49.4 Å². The van der Waals surface area contributed by atoms with Crippen LogP contribution in [0.4, 0.5) is 0 Å². The maximum atomic E-state index is 13.1. The van der Waals surface area contributed by atoms with Gasteiger partial charge in [0.2, 0.25) is 11.8 Å². The molecule has 0 radical (unpaired) electrons. The molecule has 0 aliphatic rings. The number of nitrogens with zero attached hydrogens (tertiary/aromatic N) is 1. The third-order valence-corrected chi connectivity index (χ3v) is 5.44. The minimum Gasteiger partial charge on any atom is -0.354 e. The van der Waals surface area contributed by atoms with Crippen LogP contribution in [0.2, 0.25) is 0 Å². The molecule has 5 heteroatoms. The largest absolute Gasteiger partial charge is 0.354 e. The third-order valence-electron chi connectivity index (χ3n) is 4.91. The Morgan fingerprint density at radius 3 is 2.29 bits per heavy atom. The van der Waals surface area contributed by atoms with Crippen LogP contribution in [0.15, 0.2) is 46.9 Å². The van der Waals surface area contributed by atoms with Crippen LogP contribution < -0.4 is 5.32 Å². The highest BCUT2D eigenvalue weighted by Gasteiger charge is 2.26. The molecule has 0 saturated carbocycles. The molecule has 150 valence electrons. The normalized spacial score (nSPS) is 11.8. The summed E-state index contributed by atoms with van der Waals surface area (Å²) in [7, 11) is 0. The monoisotopic (exact) mass is 444 g/mol. The summed E-state index contributed by atoms with van der Waals surface area (Å²) in [6.45, 7) is 8.92. The molecule has 4 nitrogen and oxygen atoms in total. The van der Waals surface area contributed by atoms with Gasteiger partial charge in [0.1, 0.15) is 6.04 Å². The maximum Gasteiger partial charge on any atom is 0.242 e. The zero-order valence-electron chi connectivity index (χ0n) is 17.1. The number of carbonyl (C=O) groups is 2. The number of rotatable bonds is 8. The first-order chi connectivity index (χ1) is 13.3. The fourth-order valence-electron chi connectivity index (χ4n) is 2.95. The summed E-state index contributed by atoms with van der Waals surface area (Å²) < 4.78 is 0.984. The lowest BCUT2D eigenvalue weighted by Gasteiger charge is -2.29. The van der Waals surface area contributed by atoms with Crippen LogP contribution in [0, 0.1) is 13.8 Å². The molecule has 2 aromatic rings. The summed E-state index contributed by atoms with van der Waals surface area (Å²) in [4.78, 5) is 27.3. The molecule has 0 heterocycles. The Kier molecular flexibility index (Phi) is 8.24. The molecule has 2 amide bonds. The molecule has 0 aromatic heterocycles. The van der Waals surface area contributed by atoms with Gasteiger partial charge >= 0.3 is 0 Å². The Morgan fingerprint density at radius 2 is 1.68 bits per heavy atom. The fourth-order valence-corrected chi connectivity index (χ4v) is 3.22. The molecule has 2 rings (SSSR count). The van der Waals surface area contributed by atoms with E-state index < -0.39 is 6.04 Å². The summed E-state index contributed by atoms with van der Waals surface area (Å²) >= 11 is 3.43. The summed E-state index contributed by atoms with van der Waals surface area (Å²) in [6.07, 6.45) is 1.14. The molecule has 1 N–H and O–H groups in total. The molecular formula is C23H29BrN2O2. The maximum absolute atomic E-state index is 13.1. The molecule has 0 aliphatic carbocycles. The van der Waals surface area contributed by atoms with Crippen molar-refractivity contribution >= 4 is 27.7 Å². The first-order valence-electron chi connectivity index (χ1n) is 9.69. The van der Waals surface area contributed by atoms with Gasteiger partial charge in [-0.05, 0) is 61.6 Å². The second-order valence-corrected chi connectivity index (χ2v) is 8.13. The minimum absolute atomic E-state index is 0.0506. The average Bonchev–Trinajstić information content (AvgIpc) is 2.67. The fraction of sp³-hybridized carbons (Fsp3) is 0.391. The number of carbonyl (C=O) groups excluding carboxylic acids is 2. The van der Waals surface area contributed by atoms with Gasteiger partial charge in [-0.3, -0.25) is 9.59 Å². The van der Waals surface area contributed by atoms with Gasteiger partial charge < -0.3 is 10.2 Å². The van der Waals surface area contributed by atoms with Crippen molar-refractivity contribution in [2.75, 3.05) is 6.54 Å². The van der Waals surface area contributed by atoms with Crippen molar-refractivity contribution < 1.29 is 9.59 Å². The van der Waals surface area contributed by atoms with E-state index in [0.717, 1.165) is 22.0 Å². The number of benzene rings is 2. The summed E-state index contributed by atoms with van der Waals surface area (Å²) in [5, 5.41) is 2.90. The van der Waals surface area contributed by atoms with Crippen molar-refractivity contribution in [2.45, 2.75) is 53.1 Å². The van der Waals surface area contributed by atoms with E-state index in [2.05, 4.69) is 28.2 Å². The van der Waals surface area contributed by atoms with Crippen LogP contribution in [0.5, 0.6) is 0 Å². The number of aryl methyl sites for hydroxylation is 2. The lowest BCUT2D eigenvalue weighted by Crippen LogP contribution is -2.48. The molecule has 0 fully saturated rings. The quantitative estimate of drug-likeness (QED) is 0.648. The minimum atomic E-state index is -0.533. The highest BCUT2D eigenvalue weighted by atomic mass is 79.9. The third kappa shape index (κ3) is 6.20. The van der Waals surface area contributed by atoms with E-state index in [-0.39, 0.29) is 18.2 Å². The van der Waals surface area contributed by atoms with Crippen molar-refractivity contribution in [3.8, 4) is 0 Å². The van der Waals surface area contributed by atoms with Crippen molar-refractivity contribution in [3.63, 3.8) is 0 Å². The molecule has 2 aromatic carbocycles. The highest BCUT2D eigenvalue weighted by molar-refractivity contribution is 9.10. The van der Waals surface area contributed by atoms with E-state index in [1.54, 1.807) is 11.8 Å². The van der Waals surface area contributed by atoms with Gasteiger partial charge in [-0.15, -0.1) is 0 Å². The van der Waals surface area contributed by atoms with Gasteiger partial charge in [0.05, 0.1) is 6.42 Å². The number of nitrogens with one attached hydrogen (secondary N) is 1. The lowest BCUT2D eigenvalue weighted by atomic mass is 10.0. The van der Waals surface area contributed by atoms with Gasteiger partial charge in [-0.2, -0.15) is 0 Å². The van der Waals surface area contributed by atoms with Gasteiger partial charge in [-0.1, -0.05) is 53.2 Å². The van der Waals surface area contributed by atoms with E-state index in [9.17, 15) is 9.59 Å². The van der Waals surface area contributed by atoms with Gasteiger partial charge in [-0.25, -0.2) is 0 Å². The number of hydrogen-bond acceptors (Lipinski definition) is 2. The highest BCUT2D eigenvalue weighted by Crippen LogP contribution is 2.17. The molecule has 0 saturated heterocycles. The Hall–Kier alpha value is -2.14. The van der Waals surface area contributed by atoms with E-state index >= 15 is 0 Å². The predicted molar refractivity (Wildman–Crippen MR) is 117 cm³/mol. The predicted octanol–water partition coefficient (Wildman–Crippen LogP) is 4.55. The van der Waals surface area contributed by atoms with Crippen molar-refractivity contribution in [3.05, 3.63) is 69.2 Å². The van der Waals surface area contributed by atoms with E-state index in [4.69, 9.17) is 0 Å². The smallest absolute Gasteiger partial charge is 0.242 e. The van der Waals surface area contributed by atoms with Crippen molar-refractivity contribution in [1.82, 2.24) is 10.2 Å². The molecule has 0 aliphatic heterocycles. The summed E-state index contributed by atoms with van der Waals surface area (Å²) in [5.41, 5.74) is 4.33. The van der Waals surface area contributed by atoms with E-state index in [1.807, 2.05) is 56.3 Å². The zero-order valence-corrected chi connectivity index (χ0v) is 18.7. The Bertz CT molecular complexity index is 818. The molecule has 1 unspecified atom stereocenters. The van der Waals surface area contributed by atoms with Gasteiger partial charge in [0.25, 0.3) is 0 Å². The van der Waals surface area contributed by atoms with Crippen LogP contribution in [0.3, 0.4) is 0 Å². The van der Waals surface area contributed by atoms with Crippen LogP contribution in [0.1, 0.15) is 42.5 Å². The first-order valence-corrected chi connectivity index (χ1v) is 10.5. The Labute approximate surface area is 176 Å². The average molecular weight is 445 g/mol. The summed E-state index contributed by atoms with van der Waals surface area (Å²) in [5.74, 6) is -0.169. The zero-order chi connectivity index (χ0) is 20.7. The number of hydrogen-bond donors (Lipinski definition) is 1. The van der Waals surface area contributed by atoms with E-state index in [1.165, 1.54) is 11.1 Å². The van der Waals surface area contributed by atoms with Crippen LogP contribution in [0.25, 0.3) is 0 Å². The molecule has 28 heavy (non-hydrogen) atoms. The number of halogens is 1. The summed E-state index contributed by atoms with van der Waals surface area (Å²) in [6, 6.07) is 13.4. The molecule has 1 atom stereocenters. The van der Waals surface area contributed by atoms with Crippen molar-refractivity contribution in [1.29, 1.82) is 0 Å². The Morgan fingerprint density at radius 1 is 1.04 bits per heavy atom. The van der Waals surface area contributed by atoms with Crippen molar-refractivity contribution in [2.24, 2.45) is 0 Å². The second kappa shape index (κ2) is 10.4. The second-order valence-electron chi connectivity index (χ2n) is 7.21. The molecule has 0 bridgehead atoms. The number of amides is 2.